The van der Waals surface area contributed by atoms with Crippen LogP contribution in [0.5, 0.6) is 0 Å². The number of rotatable bonds is 6. The Balaban J connectivity index is 2.23. The molecular weight excluding hydrogens is 440 g/mol. The maximum absolute atomic E-state index is 14.0. The highest BCUT2D eigenvalue weighted by atomic mass is 79.9. The second-order valence-electron chi connectivity index (χ2n) is 4.72. The smallest absolute Gasteiger partial charge is 0.127 e. The van der Waals surface area contributed by atoms with Gasteiger partial charge in [0, 0.05) is 20.4 Å². The van der Waals surface area contributed by atoms with Crippen molar-refractivity contribution >= 4 is 54.8 Å². The van der Waals surface area contributed by atoms with Crippen molar-refractivity contribution in [1.82, 2.24) is 5.32 Å². The second-order valence-corrected chi connectivity index (χ2v) is 8.41. The van der Waals surface area contributed by atoms with Gasteiger partial charge in [-0.2, -0.15) is 0 Å². The Kier molecular flexibility index (Phi) is 6.69. The molecule has 1 aromatic heterocycles. The van der Waals surface area contributed by atoms with Crippen LogP contribution in [0.1, 0.15) is 29.8 Å². The van der Waals surface area contributed by atoms with Crippen LogP contribution in [-0.4, -0.2) is 6.54 Å². The Morgan fingerprint density at radius 2 is 2.10 bits per heavy atom. The molecule has 0 saturated heterocycles. The summed E-state index contributed by atoms with van der Waals surface area (Å²) in [6.07, 6.45) is 1.63. The third kappa shape index (κ3) is 4.76. The van der Waals surface area contributed by atoms with Crippen LogP contribution in [0.15, 0.2) is 32.5 Å². The van der Waals surface area contributed by atoms with E-state index < -0.39 is 0 Å². The van der Waals surface area contributed by atoms with E-state index in [9.17, 15) is 4.39 Å². The van der Waals surface area contributed by atoms with Gasteiger partial charge < -0.3 is 5.32 Å². The van der Waals surface area contributed by atoms with Crippen molar-refractivity contribution in [2.24, 2.45) is 0 Å². The third-order valence-corrected chi connectivity index (χ3v) is 6.69. The average Bonchev–Trinajstić information content (AvgIpc) is 2.77. The Morgan fingerprint density at radius 1 is 1.33 bits per heavy atom. The molecule has 6 heteroatoms. The van der Waals surface area contributed by atoms with E-state index in [4.69, 9.17) is 11.6 Å². The molecule has 0 spiro atoms. The number of nitrogens with one attached hydrogen (secondary N) is 1. The molecule has 1 N–H and O–H groups in total. The highest BCUT2D eigenvalue weighted by Crippen LogP contribution is 2.36. The molecule has 0 bridgehead atoms. The lowest BCUT2D eigenvalue weighted by Gasteiger charge is -2.17. The predicted octanol–water partition coefficient (Wildman–Crippen LogP) is 6.35. The van der Waals surface area contributed by atoms with Crippen molar-refractivity contribution in [1.29, 1.82) is 0 Å². The molecule has 1 atom stereocenters. The molecule has 114 valence electrons. The van der Waals surface area contributed by atoms with Crippen LogP contribution in [-0.2, 0) is 6.42 Å². The van der Waals surface area contributed by atoms with E-state index in [0.717, 1.165) is 21.2 Å². The number of hydrogen-bond donors (Lipinski definition) is 1. The summed E-state index contributed by atoms with van der Waals surface area (Å²) >= 11 is 14.5. The van der Waals surface area contributed by atoms with Gasteiger partial charge in [-0.25, -0.2) is 4.39 Å². The normalized spacial score (nSPS) is 12.6. The zero-order valence-electron chi connectivity index (χ0n) is 11.4. The molecule has 1 aromatic carbocycles. The number of thiophene rings is 1. The third-order valence-electron chi connectivity index (χ3n) is 3.09. The lowest BCUT2D eigenvalue weighted by atomic mass is 10.0. The molecule has 0 fully saturated rings. The Morgan fingerprint density at radius 3 is 2.67 bits per heavy atom. The molecular formula is C15H15Br2ClFNS. The van der Waals surface area contributed by atoms with Gasteiger partial charge in [-0.15, -0.1) is 11.3 Å². The van der Waals surface area contributed by atoms with Crippen molar-refractivity contribution in [3.63, 3.8) is 0 Å². The zero-order chi connectivity index (χ0) is 15.4. The van der Waals surface area contributed by atoms with Gasteiger partial charge in [0.1, 0.15) is 5.82 Å². The number of hydrogen-bond acceptors (Lipinski definition) is 2. The molecule has 0 radical (unpaired) electrons. The largest absolute Gasteiger partial charge is 0.309 e. The lowest BCUT2D eigenvalue weighted by molar-refractivity contribution is 0.519. The van der Waals surface area contributed by atoms with Crippen LogP contribution in [0.4, 0.5) is 4.39 Å². The summed E-state index contributed by atoms with van der Waals surface area (Å²) in [4.78, 5) is 1.18. The first-order chi connectivity index (χ1) is 10.0. The Bertz CT molecular complexity index is 598. The van der Waals surface area contributed by atoms with Crippen LogP contribution in [0.25, 0.3) is 0 Å². The van der Waals surface area contributed by atoms with Crippen LogP contribution in [0, 0.1) is 5.82 Å². The van der Waals surface area contributed by atoms with Crippen molar-refractivity contribution < 1.29 is 4.39 Å². The fourth-order valence-electron chi connectivity index (χ4n) is 2.03. The summed E-state index contributed by atoms with van der Waals surface area (Å²) in [5, 5.41) is 3.91. The summed E-state index contributed by atoms with van der Waals surface area (Å²) < 4.78 is 16.1. The van der Waals surface area contributed by atoms with Crippen molar-refractivity contribution in [2.45, 2.75) is 25.8 Å². The average molecular weight is 456 g/mol. The fraction of sp³-hybridized carbons (Fsp3) is 0.333. The summed E-state index contributed by atoms with van der Waals surface area (Å²) in [5.41, 5.74) is 0.675. The molecule has 0 amide bonds. The molecule has 1 heterocycles. The van der Waals surface area contributed by atoms with Crippen molar-refractivity contribution in [3.05, 3.63) is 53.8 Å². The van der Waals surface area contributed by atoms with E-state index in [-0.39, 0.29) is 11.9 Å². The second kappa shape index (κ2) is 8.06. The monoisotopic (exact) mass is 453 g/mol. The van der Waals surface area contributed by atoms with E-state index in [1.165, 1.54) is 10.9 Å². The Hall–Kier alpha value is 0.0600. The molecule has 21 heavy (non-hydrogen) atoms. The first-order valence-electron chi connectivity index (χ1n) is 6.63. The molecule has 1 unspecified atom stereocenters. The van der Waals surface area contributed by atoms with E-state index in [1.807, 2.05) is 0 Å². The minimum Gasteiger partial charge on any atom is -0.309 e. The molecule has 2 aromatic rings. The van der Waals surface area contributed by atoms with E-state index in [0.29, 0.717) is 17.0 Å². The van der Waals surface area contributed by atoms with Crippen LogP contribution < -0.4 is 5.32 Å². The summed E-state index contributed by atoms with van der Waals surface area (Å²) in [5.74, 6) is -0.250. The van der Waals surface area contributed by atoms with Gasteiger partial charge in [-0.1, -0.05) is 24.6 Å². The molecule has 2 rings (SSSR count). The van der Waals surface area contributed by atoms with Gasteiger partial charge >= 0.3 is 0 Å². The quantitative estimate of drug-likeness (QED) is 0.535. The van der Waals surface area contributed by atoms with Gasteiger partial charge in [0.15, 0.2) is 0 Å². The molecule has 0 aliphatic carbocycles. The van der Waals surface area contributed by atoms with Crippen LogP contribution in [0.2, 0.25) is 5.02 Å². The van der Waals surface area contributed by atoms with Gasteiger partial charge in [0.25, 0.3) is 0 Å². The maximum atomic E-state index is 14.0. The van der Waals surface area contributed by atoms with Crippen molar-refractivity contribution in [3.8, 4) is 0 Å². The molecule has 0 aliphatic rings. The SMILES string of the molecule is CCCNC(Cc1ccc(Cl)cc1F)c1cc(Br)c(Br)s1. The van der Waals surface area contributed by atoms with Crippen LogP contribution in [0.3, 0.4) is 0 Å². The van der Waals surface area contributed by atoms with Gasteiger partial charge in [-0.3, -0.25) is 0 Å². The summed E-state index contributed by atoms with van der Waals surface area (Å²) in [6, 6.07) is 7.03. The zero-order valence-corrected chi connectivity index (χ0v) is 16.2. The molecule has 0 saturated carbocycles. The number of halogens is 4. The summed E-state index contributed by atoms with van der Waals surface area (Å²) in [7, 11) is 0. The van der Waals surface area contributed by atoms with E-state index in [1.54, 1.807) is 23.5 Å². The minimum absolute atomic E-state index is 0.0909. The topological polar surface area (TPSA) is 12.0 Å². The molecule has 0 aliphatic heterocycles. The first kappa shape index (κ1) is 17.4. The van der Waals surface area contributed by atoms with Crippen molar-refractivity contribution in [2.75, 3.05) is 6.54 Å². The Labute approximate surface area is 150 Å². The lowest BCUT2D eigenvalue weighted by Crippen LogP contribution is -2.23. The first-order valence-corrected chi connectivity index (χ1v) is 9.41. The molecule has 1 nitrogen and oxygen atoms in total. The van der Waals surface area contributed by atoms with Gasteiger partial charge in [0.05, 0.1) is 3.79 Å². The highest BCUT2D eigenvalue weighted by Gasteiger charge is 2.17. The van der Waals surface area contributed by atoms with Gasteiger partial charge in [-0.05, 0) is 75.0 Å². The fourth-order valence-corrected chi connectivity index (χ4v) is 4.36. The van der Waals surface area contributed by atoms with E-state index >= 15 is 0 Å². The van der Waals surface area contributed by atoms with Gasteiger partial charge in [0.2, 0.25) is 0 Å². The number of benzene rings is 1. The standard InChI is InChI=1S/C15H15Br2ClFNS/c1-2-5-20-13(14-8-11(16)15(17)21-14)6-9-3-4-10(18)7-12(9)19/h3-4,7-8,13,20H,2,5-6H2,1H3. The summed E-state index contributed by atoms with van der Waals surface area (Å²) in [6.45, 7) is 3.01. The van der Waals surface area contributed by atoms with E-state index in [2.05, 4.69) is 50.2 Å². The predicted molar refractivity (Wildman–Crippen MR) is 95.9 cm³/mol. The maximum Gasteiger partial charge on any atom is 0.127 e. The van der Waals surface area contributed by atoms with Crippen LogP contribution >= 0.6 is 54.8 Å². The minimum atomic E-state index is -0.250. The highest BCUT2D eigenvalue weighted by molar-refractivity contribution is 9.13.